The van der Waals surface area contributed by atoms with Gasteiger partial charge < -0.3 is 5.73 Å². The maximum absolute atomic E-state index is 11.5. The van der Waals surface area contributed by atoms with Gasteiger partial charge in [0.15, 0.2) is 0 Å². The van der Waals surface area contributed by atoms with E-state index in [2.05, 4.69) is 0 Å². The van der Waals surface area contributed by atoms with Crippen molar-refractivity contribution in [3.63, 3.8) is 0 Å². The van der Waals surface area contributed by atoms with E-state index in [1.807, 2.05) is 0 Å². The maximum atomic E-state index is 11.5. The second-order valence-electron chi connectivity index (χ2n) is 3.58. The van der Waals surface area contributed by atoms with Gasteiger partial charge in [0.2, 0.25) is 0 Å². The average molecular weight is 188 g/mol. The Balaban J connectivity index is 3.20. The first-order chi connectivity index (χ1) is 5.60. The van der Waals surface area contributed by atoms with Crippen LogP contribution < -0.4 is 5.73 Å². The SMILES string of the molecule is [B]C1([B])CC(N)CC([B])([B])S1(=O)=O. The van der Waals surface area contributed by atoms with Crippen molar-refractivity contribution in [2.24, 2.45) is 5.73 Å². The highest BCUT2D eigenvalue weighted by Gasteiger charge is 2.49. The first kappa shape index (κ1) is 11.2. The Kier molecular flexibility index (Phi) is 2.45. The van der Waals surface area contributed by atoms with Crippen molar-refractivity contribution in [3.05, 3.63) is 0 Å². The summed E-state index contributed by atoms with van der Waals surface area (Å²) < 4.78 is 19.2. The first-order valence-corrected chi connectivity index (χ1v) is 5.24. The van der Waals surface area contributed by atoms with Gasteiger partial charge in [-0.05, 0) is 21.9 Å². The number of hydrogen-bond donors (Lipinski definition) is 1. The predicted molar refractivity (Wildman–Crippen MR) is 54.6 cm³/mol. The zero-order valence-corrected chi connectivity index (χ0v) is 7.92. The summed E-state index contributed by atoms with van der Waals surface area (Å²) in [6.45, 7) is 0. The molecule has 0 unspecified atom stereocenters. The van der Waals surface area contributed by atoms with E-state index in [4.69, 9.17) is 37.1 Å². The van der Waals surface area contributed by atoms with Crippen LogP contribution in [0.1, 0.15) is 12.8 Å². The fourth-order valence-corrected chi connectivity index (χ4v) is 3.04. The molecule has 1 heterocycles. The molecule has 3 nitrogen and oxygen atoms in total. The molecular formula is C5H7B4NO2S. The third-order valence-electron chi connectivity index (χ3n) is 2.16. The van der Waals surface area contributed by atoms with Gasteiger partial charge in [0, 0.05) is 6.04 Å². The fourth-order valence-electron chi connectivity index (χ4n) is 1.46. The molecule has 0 aromatic heterocycles. The standard InChI is InChI=1S/C5H7B4NO2S/c6-4(7)1-3(10)2-5(8,9)13(4,11)12/h3H,1-2,10H2. The molecular weight excluding hydrogens is 181 g/mol. The molecule has 0 spiro atoms. The molecule has 8 heteroatoms. The van der Waals surface area contributed by atoms with Crippen molar-refractivity contribution in [1.29, 1.82) is 0 Å². The Hall–Kier alpha value is 0.170. The normalized spacial score (nSPS) is 31.2. The van der Waals surface area contributed by atoms with Crippen molar-refractivity contribution < 1.29 is 8.42 Å². The summed E-state index contributed by atoms with van der Waals surface area (Å²) >= 11 is 0. The molecule has 0 aliphatic carbocycles. The minimum atomic E-state index is -3.94. The van der Waals surface area contributed by atoms with Gasteiger partial charge in [-0.15, -0.1) is 0 Å². The summed E-state index contributed by atoms with van der Waals surface area (Å²) in [6.07, 6.45) is -0.0725. The molecule has 0 aromatic carbocycles. The third kappa shape index (κ3) is 1.59. The zero-order valence-electron chi connectivity index (χ0n) is 7.10. The van der Waals surface area contributed by atoms with Crippen molar-refractivity contribution in [2.75, 3.05) is 0 Å². The number of hydrogen-bond acceptors (Lipinski definition) is 3. The Morgan fingerprint density at radius 1 is 1.08 bits per heavy atom. The van der Waals surface area contributed by atoms with E-state index in [0.29, 0.717) is 0 Å². The van der Waals surface area contributed by atoms with Crippen molar-refractivity contribution in [2.45, 2.75) is 28.0 Å². The van der Waals surface area contributed by atoms with Gasteiger partial charge in [-0.3, -0.25) is 0 Å². The van der Waals surface area contributed by atoms with E-state index >= 15 is 0 Å². The smallest absolute Gasteiger partial charge is 0.129 e. The average Bonchev–Trinajstić information content (AvgIpc) is 1.80. The van der Waals surface area contributed by atoms with Crippen LogP contribution in [0, 0.1) is 0 Å². The van der Waals surface area contributed by atoms with Gasteiger partial charge in [-0.2, -0.15) is 0 Å². The fraction of sp³-hybridized carbons (Fsp3) is 1.00. The summed E-state index contributed by atoms with van der Waals surface area (Å²) in [5.41, 5.74) is 5.52. The van der Waals surface area contributed by atoms with Gasteiger partial charge in [0.25, 0.3) is 0 Å². The Morgan fingerprint density at radius 2 is 1.38 bits per heavy atom. The summed E-state index contributed by atoms with van der Waals surface area (Å²) in [5, 5.41) is 0. The predicted octanol–water partition coefficient (Wildman–Crippen LogP) is -2.50. The van der Waals surface area contributed by atoms with Crippen LogP contribution in [0.25, 0.3) is 0 Å². The summed E-state index contributed by atoms with van der Waals surface area (Å²) in [7, 11) is 17.5. The quantitative estimate of drug-likeness (QED) is 0.428. The molecule has 0 atom stereocenters. The van der Waals surface area contributed by atoms with Gasteiger partial charge in [-0.1, -0.05) is 0 Å². The summed E-state index contributed by atoms with van der Waals surface area (Å²) in [6, 6.07) is -0.492. The molecule has 8 radical (unpaired) electrons. The van der Waals surface area contributed by atoms with Gasteiger partial charge in [-0.25, -0.2) is 8.42 Å². The van der Waals surface area contributed by atoms with Crippen LogP contribution in [0.2, 0.25) is 0 Å². The van der Waals surface area contributed by atoms with Gasteiger partial charge in [0.1, 0.15) is 9.84 Å². The highest BCUT2D eigenvalue weighted by Crippen LogP contribution is 2.34. The van der Waals surface area contributed by atoms with E-state index in [1.165, 1.54) is 0 Å². The van der Waals surface area contributed by atoms with E-state index in [1.54, 1.807) is 0 Å². The monoisotopic (exact) mass is 189 g/mol. The van der Waals surface area contributed by atoms with E-state index in [0.717, 1.165) is 0 Å². The van der Waals surface area contributed by atoms with Crippen LogP contribution in [0.3, 0.4) is 0 Å². The lowest BCUT2D eigenvalue weighted by molar-refractivity contribution is 0.499. The number of rotatable bonds is 0. The molecule has 1 fully saturated rings. The van der Waals surface area contributed by atoms with Gasteiger partial charge in [0.05, 0.1) is 31.4 Å². The molecule has 0 bridgehead atoms. The van der Waals surface area contributed by atoms with Crippen LogP contribution in [-0.2, 0) is 9.84 Å². The number of nitrogens with two attached hydrogens (primary N) is 1. The minimum absolute atomic E-state index is 0.0362. The molecule has 62 valence electrons. The van der Waals surface area contributed by atoms with Crippen molar-refractivity contribution >= 4 is 41.2 Å². The molecule has 1 rings (SSSR count). The van der Waals surface area contributed by atoms with Crippen molar-refractivity contribution in [1.82, 2.24) is 0 Å². The van der Waals surface area contributed by atoms with E-state index in [-0.39, 0.29) is 12.8 Å². The van der Waals surface area contributed by atoms with Crippen molar-refractivity contribution in [3.8, 4) is 0 Å². The van der Waals surface area contributed by atoms with Crippen LogP contribution in [-0.4, -0.2) is 54.9 Å². The van der Waals surface area contributed by atoms with Crippen LogP contribution in [0.5, 0.6) is 0 Å². The van der Waals surface area contributed by atoms with Gasteiger partial charge >= 0.3 is 0 Å². The van der Waals surface area contributed by atoms with E-state index < -0.39 is 25.0 Å². The molecule has 0 aromatic rings. The lowest BCUT2D eigenvalue weighted by Gasteiger charge is -2.45. The highest BCUT2D eigenvalue weighted by molar-refractivity contribution is 7.99. The Bertz CT molecular complexity index is 288. The molecule has 0 amide bonds. The maximum Gasteiger partial charge on any atom is 0.129 e. The van der Waals surface area contributed by atoms with Crippen LogP contribution >= 0.6 is 0 Å². The van der Waals surface area contributed by atoms with Crippen LogP contribution in [0.4, 0.5) is 0 Å². The molecule has 2 N–H and O–H groups in total. The molecule has 1 aliphatic rings. The zero-order chi connectivity index (χ0) is 10.5. The highest BCUT2D eigenvalue weighted by atomic mass is 32.2. The number of sulfone groups is 1. The molecule has 13 heavy (non-hydrogen) atoms. The molecule has 0 saturated carbocycles. The first-order valence-electron chi connectivity index (χ1n) is 3.75. The summed E-state index contributed by atoms with van der Waals surface area (Å²) in [5.74, 6) is 0. The van der Waals surface area contributed by atoms with Crippen LogP contribution in [0.15, 0.2) is 0 Å². The lowest BCUT2D eigenvalue weighted by Crippen LogP contribution is -2.62. The molecule has 1 aliphatic heterocycles. The molecule has 1 saturated heterocycles. The second-order valence-corrected chi connectivity index (χ2v) is 6.11. The largest absolute Gasteiger partial charge is 0.328 e. The second kappa shape index (κ2) is 2.83. The Morgan fingerprint density at radius 3 is 1.69 bits per heavy atom. The minimum Gasteiger partial charge on any atom is -0.328 e. The lowest BCUT2D eigenvalue weighted by atomic mass is 9.60. The topological polar surface area (TPSA) is 60.2 Å². The summed E-state index contributed by atoms with van der Waals surface area (Å²) in [4.78, 5) is 0. The Labute approximate surface area is 83.8 Å². The van der Waals surface area contributed by atoms with E-state index in [9.17, 15) is 8.42 Å². The third-order valence-corrected chi connectivity index (χ3v) is 4.50.